The molecule has 0 aromatic heterocycles. The summed E-state index contributed by atoms with van der Waals surface area (Å²) in [4.78, 5) is 14.7. The van der Waals surface area contributed by atoms with Gasteiger partial charge in [0.05, 0.1) is 28.0 Å². The highest BCUT2D eigenvalue weighted by atomic mass is 35.5. The van der Waals surface area contributed by atoms with Gasteiger partial charge in [0.2, 0.25) is 0 Å². The van der Waals surface area contributed by atoms with Crippen molar-refractivity contribution in [2.45, 2.75) is 12.5 Å². The molecule has 1 unspecified atom stereocenters. The Morgan fingerprint density at radius 1 is 1.09 bits per heavy atom. The van der Waals surface area contributed by atoms with E-state index in [1.165, 1.54) is 18.2 Å². The Labute approximate surface area is 189 Å². The number of β-amino-alcohol motifs (C(OH)–C–C–N with tert-alkyl or cyclic N) is 1. The number of fused-ring (bicyclic) bond motifs is 1. The number of aliphatic hydroxyl groups is 2. The van der Waals surface area contributed by atoms with Crippen LogP contribution in [0, 0.1) is 5.82 Å². The molecule has 3 aromatic rings. The summed E-state index contributed by atoms with van der Waals surface area (Å²) in [5.41, 5.74) is 3.42. The molecule has 1 amide bonds. The van der Waals surface area contributed by atoms with Gasteiger partial charge in [-0.2, -0.15) is 0 Å². The van der Waals surface area contributed by atoms with Crippen LogP contribution in [0.1, 0.15) is 17.5 Å². The van der Waals surface area contributed by atoms with E-state index in [1.54, 1.807) is 18.2 Å². The fourth-order valence-corrected chi connectivity index (χ4v) is 4.54. The summed E-state index contributed by atoms with van der Waals surface area (Å²) in [7, 11) is 0. The van der Waals surface area contributed by atoms with Crippen molar-refractivity contribution in [1.29, 1.82) is 0 Å². The molecule has 1 saturated heterocycles. The van der Waals surface area contributed by atoms with Crippen molar-refractivity contribution in [1.82, 2.24) is 0 Å². The lowest BCUT2D eigenvalue weighted by atomic mass is 9.97. The van der Waals surface area contributed by atoms with E-state index in [4.69, 9.17) is 11.6 Å². The largest absolute Gasteiger partial charge is 0.506 e. The maximum absolute atomic E-state index is 14.2. The van der Waals surface area contributed by atoms with Crippen LogP contribution in [0.2, 0.25) is 5.02 Å². The topological polar surface area (TPSA) is 72.8 Å². The average molecular weight is 451 g/mol. The van der Waals surface area contributed by atoms with Crippen LogP contribution < -0.4 is 10.2 Å². The molecule has 1 atom stereocenters. The van der Waals surface area contributed by atoms with Crippen LogP contribution in [0.5, 0.6) is 0 Å². The van der Waals surface area contributed by atoms with Gasteiger partial charge in [-0.05, 0) is 48.4 Å². The molecule has 3 aromatic carbocycles. The third-order valence-corrected chi connectivity index (χ3v) is 6.24. The van der Waals surface area contributed by atoms with Crippen molar-refractivity contribution in [3.05, 3.63) is 82.6 Å². The molecule has 5 rings (SSSR count). The van der Waals surface area contributed by atoms with Crippen LogP contribution in [0.4, 0.5) is 15.8 Å². The number of anilines is 2. The van der Waals surface area contributed by atoms with E-state index in [0.29, 0.717) is 28.4 Å². The number of hydrogen-bond acceptors (Lipinski definition) is 4. The molecule has 0 bridgehead atoms. The maximum atomic E-state index is 14.2. The molecule has 0 radical (unpaired) electrons. The van der Waals surface area contributed by atoms with Gasteiger partial charge in [0.25, 0.3) is 5.91 Å². The van der Waals surface area contributed by atoms with Gasteiger partial charge in [-0.3, -0.25) is 4.79 Å². The standard InChI is InChI=1S/C25H20ClFN2O3/c26-20-12-22-19(23(25(32)28-22)24(31)17-3-1-2-4-21(17)27)11-18(20)14-5-7-15(8-6-14)29-10-9-16(30)13-29/h1-8,11-12,16,30-31H,9-10,13H2,(H,28,32)/b24-23-. The van der Waals surface area contributed by atoms with Crippen LogP contribution in [0.25, 0.3) is 22.5 Å². The second-order valence-corrected chi connectivity index (χ2v) is 8.38. The normalized spacial score (nSPS) is 19.2. The molecule has 3 N–H and O–H groups in total. The lowest BCUT2D eigenvalue weighted by molar-refractivity contribution is -0.110. The first kappa shape index (κ1) is 20.5. The Morgan fingerprint density at radius 2 is 1.84 bits per heavy atom. The van der Waals surface area contributed by atoms with Gasteiger partial charge in [-0.1, -0.05) is 35.9 Å². The summed E-state index contributed by atoms with van der Waals surface area (Å²) in [5, 5.41) is 23.7. The van der Waals surface area contributed by atoms with Crippen molar-refractivity contribution in [2.24, 2.45) is 0 Å². The minimum absolute atomic E-state index is 0.00527. The number of nitrogens with one attached hydrogen (secondary N) is 1. The number of hydrogen-bond donors (Lipinski definition) is 3. The highest BCUT2D eigenvalue weighted by molar-refractivity contribution is 6.38. The first-order valence-electron chi connectivity index (χ1n) is 10.3. The number of aliphatic hydroxyl groups excluding tert-OH is 2. The average Bonchev–Trinajstić information content (AvgIpc) is 3.35. The van der Waals surface area contributed by atoms with E-state index in [9.17, 15) is 19.4 Å². The number of nitrogens with zero attached hydrogens (tertiary/aromatic N) is 1. The van der Waals surface area contributed by atoms with Crippen LogP contribution in [-0.2, 0) is 4.79 Å². The second-order valence-electron chi connectivity index (χ2n) is 7.97. The third-order valence-electron chi connectivity index (χ3n) is 5.92. The predicted octanol–water partition coefficient (Wildman–Crippen LogP) is 5.10. The number of carbonyl (C=O) groups is 1. The Bertz CT molecular complexity index is 1260. The van der Waals surface area contributed by atoms with Gasteiger partial charge in [-0.15, -0.1) is 0 Å². The summed E-state index contributed by atoms with van der Waals surface area (Å²) < 4.78 is 14.2. The van der Waals surface area contributed by atoms with Crippen molar-refractivity contribution in [2.75, 3.05) is 23.3 Å². The van der Waals surface area contributed by atoms with E-state index >= 15 is 0 Å². The summed E-state index contributed by atoms with van der Waals surface area (Å²) in [6.45, 7) is 1.41. The van der Waals surface area contributed by atoms with E-state index < -0.39 is 17.5 Å². The SMILES string of the molecule is O=C1Nc2cc(Cl)c(-c3ccc(N4CCC(O)C4)cc3)cc2/C1=C(/O)c1ccccc1F. The molecule has 2 aliphatic rings. The number of benzene rings is 3. The zero-order valence-corrected chi connectivity index (χ0v) is 17.7. The summed E-state index contributed by atoms with van der Waals surface area (Å²) in [6.07, 6.45) is 0.443. The van der Waals surface area contributed by atoms with E-state index in [0.717, 1.165) is 24.2 Å². The molecule has 32 heavy (non-hydrogen) atoms. The molecule has 5 nitrogen and oxygen atoms in total. The smallest absolute Gasteiger partial charge is 0.260 e. The van der Waals surface area contributed by atoms with Crippen molar-refractivity contribution >= 4 is 40.2 Å². The number of rotatable bonds is 3. The number of carbonyl (C=O) groups excluding carboxylic acids is 1. The van der Waals surface area contributed by atoms with Crippen molar-refractivity contribution < 1.29 is 19.4 Å². The van der Waals surface area contributed by atoms with Gasteiger partial charge < -0.3 is 20.4 Å². The molecular formula is C25H20ClFN2O3. The quantitative estimate of drug-likeness (QED) is 0.383. The summed E-state index contributed by atoms with van der Waals surface area (Å²) in [5.74, 6) is -1.55. The first-order chi connectivity index (χ1) is 15.4. The molecule has 0 spiro atoms. The zero-order valence-electron chi connectivity index (χ0n) is 17.0. The van der Waals surface area contributed by atoms with Crippen LogP contribution in [0.3, 0.4) is 0 Å². The van der Waals surface area contributed by atoms with E-state index in [-0.39, 0.29) is 17.2 Å². The highest BCUT2D eigenvalue weighted by Gasteiger charge is 2.30. The number of halogens is 2. The first-order valence-corrected chi connectivity index (χ1v) is 10.7. The third kappa shape index (κ3) is 3.51. The van der Waals surface area contributed by atoms with Gasteiger partial charge >= 0.3 is 0 Å². The highest BCUT2D eigenvalue weighted by Crippen LogP contribution is 2.42. The molecule has 162 valence electrons. The molecule has 2 aliphatic heterocycles. The fourth-order valence-electron chi connectivity index (χ4n) is 4.26. The Kier molecular flexibility index (Phi) is 5.12. The second kappa shape index (κ2) is 7.97. The van der Waals surface area contributed by atoms with Gasteiger partial charge in [0, 0.05) is 29.9 Å². The Hall–Kier alpha value is -3.35. The van der Waals surface area contributed by atoms with Gasteiger partial charge in [-0.25, -0.2) is 4.39 Å². The molecule has 1 fully saturated rings. The molecular weight excluding hydrogens is 431 g/mol. The Morgan fingerprint density at radius 3 is 2.53 bits per heavy atom. The molecule has 0 saturated carbocycles. The number of amides is 1. The zero-order chi connectivity index (χ0) is 22.4. The minimum Gasteiger partial charge on any atom is -0.506 e. The minimum atomic E-state index is -0.615. The predicted molar refractivity (Wildman–Crippen MR) is 124 cm³/mol. The van der Waals surface area contributed by atoms with Gasteiger partial charge in [0.15, 0.2) is 0 Å². The lowest BCUT2D eigenvalue weighted by Crippen LogP contribution is -2.20. The lowest BCUT2D eigenvalue weighted by Gasteiger charge is -2.18. The van der Waals surface area contributed by atoms with Crippen LogP contribution in [-0.4, -0.2) is 35.3 Å². The summed E-state index contributed by atoms with van der Waals surface area (Å²) in [6, 6.07) is 16.9. The molecule has 2 heterocycles. The monoisotopic (exact) mass is 450 g/mol. The van der Waals surface area contributed by atoms with Crippen LogP contribution >= 0.6 is 11.6 Å². The van der Waals surface area contributed by atoms with Gasteiger partial charge in [0.1, 0.15) is 11.6 Å². The van der Waals surface area contributed by atoms with Crippen molar-refractivity contribution in [3.63, 3.8) is 0 Å². The van der Waals surface area contributed by atoms with E-state index in [2.05, 4.69) is 10.2 Å². The van der Waals surface area contributed by atoms with Crippen molar-refractivity contribution in [3.8, 4) is 11.1 Å². The summed E-state index contributed by atoms with van der Waals surface area (Å²) >= 11 is 6.51. The fraction of sp³-hybridized carbons (Fsp3) is 0.160. The Balaban J connectivity index is 1.56. The maximum Gasteiger partial charge on any atom is 0.260 e. The molecule has 0 aliphatic carbocycles. The van der Waals surface area contributed by atoms with Crippen LogP contribution in [0.15, 0.2) is 60.7 Å². The van der Waals surface area contributed by atoms with E-state index in [1.807, 2.05) is 24.3 Å². The molecule has 7 heteroatoms.